The van der Waals surface area contributed by atoms with Gasteiger partial charge in [0.25, 0.3) is 0 Å². The largest absolute Gasteiger partial charge is 0.497 e. The standard InChI is InChI=1S/C28H25ClN4O6S/c1-38-23-7-5-6-22(16-23)31-27(34)28(35)32-30-17-24-14-15-25(39-24)19-33(18-20-10-12-21(29)13-11-20)40(36,37)26-8-3-2-4-9-26/h2-17H,18-19H2,1H3,(H,31,34)(H,32,35)/b30-17+. The van der Waals surface area contributed by atoms with Crippen molar-refractivity contribution in [2.75, 3.05) is 12.4 Å². The second kappa shape index (κ2) is 13.1. The van der Waals surface area contributed by atoms with Crippen LogP contribution in [0.4, 0.5) is 5.69 Å². The molecular weight excluding hydrogens is 556 g/mol. The third-order valence-electron chi connectivity index (χ3n) is 5.56. The number of methoxy groups -OCH3 is 1. The molecule has 0 unspecified atom stereocenters. The summed E-state index contributed by atoms with van der Waals surface area (Å²) in [6.45, 7) is 0.0139. The number of nitrogens with zero attached hydrogens (tertiary/aromatic N) is 2. The van der Waals surface area contributed by atoms with Gasteiger partial charge in [-0.25, -0.2) is 13.8 Å². The van der Waals surface area contributed by atoms with Crippen molar-refractivity contribution < 1.29 is 27.2 Å². The highest BCUT2D eigenvalue weighted by Gasteiger charge is 2.26. The highest BCUT2D eigenvalue weighted by atomic mass is 35.5. The van der Waals surface area contributed by atoms with Crippen LogP contribution in [-0.4, -0.2) is 37.9 Å². The SMILES string of the molecule is COc1cccc(NC(=O)C(=O)N/N=C/c2ccc(CN(Cc3ccc(Cl)cc3)S(=O)(=O)c3ccccc3)o2)c1. The first-order valence-electron chi connectivity index (χ1n) is 11.9. The molecule has 0 saturated carbocycles. The topological polar surface area (TPSA) is 130 Å². The van der Waals surface area contributed by atoms with Gasteiger partial charge in [-0.1, -0.05) is 48.0 Å². The van der Waals surface area contributed by atoms with Gasteiger partial charge >= 0.3 is 11.8 Å². The second-order valence-corrected chi connectivity index (χ2v) is 10.8. The number of carbonyl (C=O) groups excluding carboxylic acids is 2. The van der Waals surface area contributed by atoms with Gasteiger partial charge in [0.1, 0.15) is 17.3 Å². The fourth-order valence-corrected chi connectivity index (χ4v) is 5.12. The summed E-state index contributed by atoms with van der Waals surface area (Å²) in [5.74, 6) is -0.805. The fraction of sp³-hybridized carbons (Fsp3) is 0.107. The molecule has 0 aliphatic heterocycles. The first-order valence-corrected chi connectivity index (χ1v) is 13.7. The van der Waals surface area contributed by atoms with E-state index in [2.05, 4.69) is 15.8 Å². The molecule has 206 valence electrons. The molecule has 0 radical (unpaired) electrons. The van der Waals surface area contributed by atoms with E-state index in [9.17, 15) is 18.0 Å². The van der Waals surface area contributed by atoms with Crippen molar-refractivity contribution >= 4 is 45.3 Å². The van der Waals surface area contributed by atoms with Gasteiger partial charge in [-0.2, -0.15) is 9.41 Å². The predicted octanol–water partition coefficient (Wildman–Crippen LogP) is 4.42. The van der Waals surface area contributed by atoms with Crippen LogP contribution in [0.3, 0.4) is 0 Å². The van der Waals surface area contributed by atoms with Gasteiger partial charge in [0, 0.05) is 23.3 Å². The molecular formula is C28H25ClN4O6S. The molecule has 2 amide bonds. The lowest BCUT2D eigenvalue weighted by Crippen LogP contribution is -2.32. The summed E-state index contributed by atoms with van der Waals surface area (Å²) in [5.41, 5.74) is 3.25. The van der Waals surface area contributed by atoms with Crippen LogP contribution in [0.1, 0.15) is 17.1 Å². The van der Waals surface area contributed by atoms with Crippen molar-refractivity contribution in [1.82, 2.24) is 9.73 Å². The summed E-state index contributed by atoms with van der Waals surface area (Å²) >= 11 is 5.98. The maximum absolute atomic E-state index is 13.4. The van der Waals surface area contributed by atoms with E-state index in [0.717, 1.165) is 5.56 Å². The maximum Gasteiger partial charge on any atom is 0.329 e. The van der Waals surface area contributed by atoms with Crippen molar-refractivity contribution in [2.45, 2.75) is 18.0 Å². The number of halogens is 1. The molecule has 1 aromatic heterocycles. The molecule has 3 aromatic carbocycles. The summed E-state index contributed by atoms with van der Waals surface area (Å²) in [6.07, 6.45) is 1.20. The number of rotatable bonds is 10. The zero-order valence-electron chi connectivity index (χ0n) is 21.3. The summed E-state index contributed by atoms with van der Waals surface area (Å²) in [7, 11) is -2.38. The zero-order valence-corrected chi connectivity index (χ0v) is 22.9. The molecule has 0 atom stereocenters. The number of carbonyl (C=O) groups is 2. The first-order chi connectivity index (χ1) is 19.2. The van der Waals surface area contributed by atoms with Crippen molar-refractivity contribution in [3.63, 3.8) is 0 Å². The van der Waals surface area contributed by atoms with E-state index in [1.54, 1.807) is 78.9 Å². The van der Waals surface area contributed by atoms with Gasteiger partial charge in [-0.3, -0.25) is 9.59 Å². The Bertz CT molecular complexity index is 1610. The molecule has 4 rings (SSSR count). The maximum atomic E-state index is 13.4. The van der Waals surface area contributed by atoms with Gasteiger partial charge in [-0.05, 0) is 54.1 Å². The Morgan fingerprint density at radius 1 is 0.950 bits per heavy atom. The second-order valence-electron chi connectivity index (χ2n) is 8.40. The number of furan rings is 1. The van der Waals surface area contributed by atoms with E-state index < -0.39 is 21.8 Å². The lowest BCUT2D eigenvalue weighted by atomic mass is 10.2. The number of hydrogen-bond donors (Lipinski definition) is 2. The van der Waals surface area contributed by atoms with Gasteiger partial charge in [0.05, 0.1) is 24.8 Å². The van der Waals surface area contributed by atoms with Crippen LogP contribution in [0.2, 0.25) is 5.02 Å². The van der Waals surface area contributed by atoms with Crippen LogP contribution >= 0.6 is 11.6 Å². The lowest BCUT2D eigenvalue weighted by molar-refractivity contribution is -0.136. The Labute approximate surface area is 236 Å². The molecule has 0 spiro atoms. The van der Waals surface area contributed by atoms with Crippen molar-refractivity contribution in [3.8, 4) is 5.75 Å². The predicted molar refractivity (Wildman–Crippen MR) is 150 cm³/mol. The molecule has 10 nitrogen and oxygen atoms in total. The van der Waals surface area contributed by atoms with E-state index >= 15 is 0 Å². The number of benzene rings is 3. The molecule has 4 aromatic rings. The lowest BCUT2D eigenvalue weighted by Gasteiger charge is -2.21. The normalized spacial score (nSPS) is 11.5. The number of hydrogen-bond acceptors (Lipinski definition) is 7. The Balaban J connectivity index is 1.42. The molecule has 0 bridgehead atoms. The molecule has 0 saturated heterocycles. The fourth-order valence-electron chi connectivity index (χ4n) is 3.58. The van der Waals surface area contributed by atoms with Crippen molar-refractivity contribution in [2.24, 2.45) is 5.10 Å². The van der Waals surface area contributed by atoms with Crippen molar-refractivity contribution in [1.29, 1.82) is 0 Å². The number of sulfonamides is 1. The minimum atomic E-state index is -3.87. The van der Waals surface area contributed by atoms with E-state index in [4.69, 9.17) is 20.8 Å². The van der Waals surface area contributed by atoms with Gasteiger partial charge in [-0.15, -0.1) is 0 Å². The number of amides is 2. The molecule has 40 heavy (non-hydrogen) atoms. The smallest absolute Gasteiger partial charge is 0.329 e. The number of nitrogens with one attached hydrogen (secondary N) is 2. The molecule has 12 heteroatoms. The summed E-state index contributed by atoms with van der Waals surface area (Å²) in [4.78, 5) is 24.4. The monoisotopic (exact) mass is 580 g/mol. The van der Waals surface area contributed by atoms with E-state index in [1.165, 1.54) is 29.8 Å². The Hall–Kier alpha value is -4.45. The highest BCUT2D eigenvalue weighted by Crippen LogP contribution is 2.23. The van der Waals surface area contributed by atoms with Gasteiger partial charge < -0.3 is 14.5 Å². The Morgan fingerprint density at radius 2 is 1.70 bits per heavy atom. The molecule has 2 N–H and O–H groups in total. The summed E-state index contributed by atoms with van der Waals surface area (Å²) in [5, 5.41) is 6.74. The Kier molecular flexibility index (Phi) is 9.33. The minimum absolute atomic E-state index is 0.0665. The highest BCUT2D eigenvalue weighted by molar-refractivity contribution is 7.89. The number of ether oxygens (including phenoxy) is 1. The quantitative estimate of drug-likeness (QED) is 0.162. The average Bonchev–Trinajstić information content (AvgIpc) is 3.41. The molecule has 0 aliphatic rings. The third kappa shape index (κ3) is 7.56. The van der Waals surface area contributed by atoms with Crippen LogP contribution in [-0.2, 0) is 32.7 Å². The zero-order chi connectivity index (χ0) is 28.5. The van der Waals surface area contributed by atoms with Crippen LogP contribution in [0.25, 0.3) is 0 Å². The van der Waals surface area contributed by atoms with Crippen molar-refractivity contribution in [3.05, 3.63) is 113 Å². The third-order valence-corrected chi connectivity index (χ3v) is 7.62. The van der Waals surface area contributed by atoms with Crippen LogP contribution < -0.4 is 15.5 Å². The summed E-state index contributed by atoms with van der Waals surface area (Å²) < 4.78 is 39.0. The summed E-state index contributed by atoms with van der Waals surface area (Å²) in [6, 6.07) is 24.7. The first kappa shape index (κ1) is 28.6. The molecule has 0 fully saturated rings. The molecule has 0 aliphatic carbocycles. The number of anilines is 1. The minimum Gasteiger partial charge on any atom is -0.497 e. The van der Waals surface area contributed by atoms with Crippen LogP contribution in [0.15, 0.2) is 105 Å². The van der Waals surface area contributed by atoms with E-state index in [-0.39, 0.29) is 23.7 Å². The van der Waals surface area contributed by atoms with E-state index in [1.807, 2.05) is 0 Å². The average molecular weight is 581 g/mol. The van der Waals surface area contributed by atoms with Crippen LogP contribution in [0, 0.1) is 0 Å². The number of hydrazone groups is 1. The van der Waals surface area contributed by atoms with E-state index in [0.29, 0.717) is 22.2 Å². The van der Waals surface area contributed by atoms with Gasteiger partial charge in [0.15, 0.2) is 0 Å². The Morgan fingerprint density at radius 3 is 2.42 bits per heavy atom. The molecule has 1 heterocycles. The van der Waals surface area contributed by atoms with Gasteiger partial charge in [0.2, 0.25) is 10.0 Å². The van der Waals surface area contributed by atoms with Crippen LogP contribution in [0.5, 0.6) is 5.75 Å².